The van der Waals surface area contributed by atoms with Crippen molar-refractivity contribution in [1.82, 2.24) is 0 Å². The van der Waals surface area contributed by atoms with Crippen molar-refractivity contribution in [3.05, 3.63) is 16.6 Å². The van der Waals surface area contributed by atoms with Crippen molar-refractivity contribution in [1.29, 1.82) is 0 Å². The molecule has 4 fully saturated rings. The van der Waals surface area contributed by atoms with Crippen molar-refractivity contribution < 1.29 is 4.74 Å². The molecule has 0 heterocycles. The number of methoxy groups -OCH3 is 1. The molecule has 0 aromatic heterocycles. The van der Waals surface area contributed by atoms with Gasteiger partial charge in [0.25, 0.3) is 0 Å². The number of hydrogen-bond acceptors (Lipinski definition) is 3. The molecule has 0 bridgehead atoms. The third-order valence-electron chi connectivity index (χ3n) is 13.4. The van der Waals surface area contributed by atoms with E-state index in [2.05, 4.69) is 73.6 Å². The summed E-state index contributed by atoms with van der Waals surface area (Å²) in [5.41, 5.74) is 2.08. The van der Waals surface area contributed by atoms with E-state index in [0.717, 1.165) is 37.5 Å². The molecular formula is C32H55NO2. The van der Waals surface area contributed by atoms with E-state index in [0.29, 0.717) is 34.0 Å². The van der Waals surface area contributed by atoms with Crippen molar-refractivity contribution in [2.75, 3.05) is 7.11 Å². The summed E-state index contributed by atoms with van der Waals surface area (Å²) < 4.78 is 6.42. The zero-order chi connectivity index (χ0) is 26.0. The van der Waals surface area contributed by atoms with E-state index in [1.165, 1.54) is 37.7 Å². The molecule has 4 rings (SSSR count). The molecule has 0 aromatic carbocycles. The van der Waals surface area contributed by atoms with Crippen LogP contribution in [0.3, 0.4) is 0 Å². The number of fused-ring (bicyclic) bond motifs is 5. The fourth-order valence-corrected chi connectivity index (χ4v) is 10.8. The van der Waals surface area contributed by atoms with E-state index in [1.807, 2.05) is 7.11 Å². The second-order valence-electron chi connectivity index (χ2n) is 15.2. The van der Waals surface area contributed by atoms with Crippen LogP contribution in [0.2, 0.25) is 0 Å². The van der Waals surface area contributed by atoms with Gasteiger partial charge in [0.05, 0.1) is 6.10 Å². The van der Waals surface area contributed by atoms with E-state index in [4.69, 9.17) is 4.74 Å². The van der Waals surface area contributed by atoms with Crippen LogP contribution in [0.1, 0.15) is 120 Å². The number of nitroso groups, excluding NO2 is 1. The Labute approximate surface area is 216 Å². The molecule has 200 valence electrons. The second kappa shape index (κ2) is 8.95. The Balaban J connectivity index is 1.72. The van der Waals surface area contributed by atoms with Gasteiger partial charge in [-0.2, -0.15) is 4.91 Å². The maximum absolute atomic E-state index is 12.5. The number of allylic oxidation sites excluding steroid dienone is 2. The van der Waals surface area contributed by atoms with Crippen LogP contribution in [-0.4, -0.2) is 18.8 Å². The largest absolute Gasteiger partial charge is 0.381 e. The summed E-state index contributed by atoms with van der Waals surface area (Å²) in [5, 5.41) is 3.89. The van der Waals surface area contributed by atoms with E-state index < -0.39 is 5.54 Å². The lowest BCUT2D eigenvalue weighted by atomic mass is 9.34. The lowest BCUT2D eigenvalue weighted by molar-refractivity contribution is -0.240. The number of nitrogens with zero attached hydrogens (tertiary/aromatic N) is 1. The van der Waals surface area contributed by atoms with Crippen LogP contribution in [0.15, 0.2) is 16.8 Å². The summed E-state index contributed by atoms with van der Waals surface area (Å²) >= 11 is 0. The van der Waals surface area contributed by atoms with Gasteiger partial charge in [-0.1, -0.05) is 58.4 Å². The van der Waals surface area contributed by atoms with E-state index in [-0.39, 0.29) is 11.5 Å². The molecule has 4 aliphatic rings. The predicted molar refractivity (Wildman–Crippen MR) is 147 cm³/mol. The SMILES string of the molecule is COC1CC2C3(C)CCC(C)C(C)(C)C3CCC2(C)[C@]2(C)CCC(C(C)(CCC=C(C)C)N=O)C12. The summed E-state index contributed by atoms with van der Waals surface area (Å²) in [6.45, 7) is 22.0. The van der Waals surface area contributed by atoms with Gasteiger partial charge in [-0.05, 0) is 130 Å². The highest BCUT2D eigenvalue weighted by Gasteiger charge is 2.71. The molecule has 0 amide bonds. The molecule has 4 saturated carbocycles. The maximum atomic E-state index is 12.5. The number of hydrogen-bond donors (Lipinski definition) is 0. The zero-order valence-electron chi connectivity index (χ0n) is 24.7. The fraction of sp³-hybridized carbons (Fsp3) is 0.938. The average Bonchev–Trinajstić information content (AvgIpc) is 3.16. The van der Waals surface area contributed by atoms with Crippen LogP contribution < -0.4 is 0 Å². The molecule has 0 saturated heterocycles. The molecule has 0 N–H and O–H groups in total. The molecule has 0 radical (unpaired) electrons. The molecule has 10 atom stereocenters. The minimum atomic E-state index is -0.516. The van der Waals surface area contributed by atoms with Gasteiger partial charge in [-0.25, -0.2) is 0 Å². The standard InChI is InChI=1S/C32H55NO2/c1-21(2)12-11-16-32(9,33-34)23-14-18-31(8)27(23)24(35-10)20-26-29(6)17-13-22(3)28(4,5)25(29)15-19-30(26,31)7/h12,22-27H,11,13-20H2,1-10H3/t22?,23?,24?,25?,26?,27?,29?,30?,31-,32?/m1/s1. The first-order valence-electron chi connectivity index (χ1n) is 14.7. The molecule has 0 aromatic rings. The molecule has 3 heteroatoms. The zero-order valence-corrected chi connectivity index (χ0v) is 24.7. The average molecular weight is 486 g/mol. The monoisotopic (exact) mass is 485 g/mol. The normalized spacial score (nSPS) is 48.2. The Hall–Kier alpha value is -0.700. The van der Waals surface area contributed by atoms with Crippen molar-refractivity contribution in [2.45, 2.75) is 132 Å². The van der Waals surface area contributed by atoms with Gasteiger partial charge in [0.2, 0.25) is 0 Å². The summed E-state index contributed by atoms with van der Waals surface area (Å²) in [6, 6.07) is 0. The Morgan fingerprint density at radius 3 is 2.26 bits per heavy atom. The Kier molecular flexibility index (Phi) is 6.99. The number of rotatable bonds is 6. The van der Waals surface area contributed by atoms with Gasteiger partial charge in [-0.15, -0.1) is 0 Å². The maximum Gasteiger partial charge on any atom is 0.103 e. The molecule has 0 spiro atoms. The molecule has 3 nitrogen and oxygen atoms in total. The Morgan fingerprint density at radius 2 is 1.66 bits per heavy atom. The summed E-state index contributed by atoms with van der Waals surface area (Å²) in [6.07, 6.45) is 13.2. The highest BCUT2D eigenvalue weighted by atomic mass is 16.5. The predicted octanol–water partition coefficient (Wildman–Crippen LogP) is 9.20. The van der Waals surface area contributed by atoms with Gasteiger partial charge < -0.3 is 4.74 Å². The van der Waals surface area contributed by atoms with Gasteiger partial charge in [0.15, 0.2) is 0 Å². The minimum absolute atomic E-state index is 0.199. The second-order valence-corrected chi connectivity index (χ2v) is 15.2. The van der Waals surface area contributed by atoms with Gasteiger partial charge in [0, 0.05) is 7.11 Å². The van der Waals surface area contributed by atoms with Crippen LogP contribution in [0.4, 0.5) is 0 Å². The first kappa shape index (κ1) is 27.3. The molecule has 0 aliphatic heterocycles. The summed E-state index contributed by atoms with van der Waals surface area (Å²) in [5.74, 6) is 3.00. The fourth-order valence-electron chi connectivity index (χ4n) is 10.8. The van der Waals surface area contributed by atoms with Crippen molar-refractivity contribution >= 4 is 0 Å². The third-order valence-corrected chi connectivity index (χ3v) is 13.4. The topological polar surface area (TPSA) is 38.7 Å². The van der Waals surface area contributed by atoms with Crippen LogP contribution in [-0.2, 0) is 4.74 Å². The molecule has 35 heavy (non-hydrogen) atoms. The van der Waals surface area contributed by atoms with Crippen LogP contribution >= 0.6 is 0 Å². The summed E-state index contributed by atoms with van der Waals surface area (Å²) in [7, 11) is 1.94. The lowest BCUT2D eigenvalue weighted by Crippen LogP contribution is -2.66. The van der Waals surface area contributed by atoms with Crippen LogP contribution in [0.25, 0.3) is 0 Å². The van der Waals surface area contributed by atoms with Crippen molar-refractivity contribution in [3.63, 3.8) is 0 Å². The lowest BCUT2D eigenvalue weighted by Gasteiger charge is -2.71. The molecular weight excluding hydrogens is 430 g/mol. The molecule has 4 aliphatic carbocycles. The highest BCUT2D eigenvalue weighted by Crippen LogP contribution is 2.76. The third kappa shape index (κ3) is 3.83. The first-order chi connectivity index (χ1) is 16.2. The van der Waals surface area contributed by atoms with E-state index in [9.17, 15) is 4.91 Å². The van der Waals surface area contributed by atoms with Crippen molar-refractivity contribution in [2.24, 2.45) is 56.4 Å². The quantitative estimate of drug-likeness (QED) is 0.278. The van der Waals surface area contributed by atoms with Crippen molar-refractivity contribution in [3.8, 4) is 0 Å². The van der Waals surface area contributed by atoms with Gasteiger partial charge in [0.1, 0.15) is 5.54 Å². The Morgan fingerprint density at radius 1 is 1.00 bits per heavy atom. The minimum Gasteiger partial charge on any atom is -0.381 e. The first-order valence-corrected chi connectivity index (χ1v) is 14.7. The highest BCUT2D eigenvalue weighted by molar-refractivity contribution is 5.20. The van der Waals surface area contributed by atoms with Gasteiger partial charge in [-0.3, -0.25) is 0 Å². The van der Waals surface area contributed by atoms with Gasteiger partial charge >= 0.3 is 0 Å². The van der Waals surface area contributed by atoms with Crippen LogP contribution in [0.5, 0.6) is 0 Å². The Bertz CT molecular complexity index is 845. The number of ether oxygens (including phenoxy) is 1. The van der Waals surface area contributed by atoms with E-state index in [1.54, 1.807) is 0 Å². The van der Waals surface area contributed by atoms with Crippen LogP contribution in [0, 0.1) is 56.2 Å². The summed E-state index contributed by atoms with van der Waals surface area (Å²) in [4.78, 5) is 12.5. The molecule has 9 unspecified atom stereocenters. The van der Waals surface area contributed by atoms with E-state index >= 15 is 0 Å². The smallest absolute Gasteiger partial charge is 0.103 e.